The topological polar surface area (TPSA) is 112 Å². The molecule has 0 aliphatic heterocycles. The van der Waals surface area contributed by atoms with Gasteiger partial charge in [-0.3, -0.25) is 0 Å². The molecule has 0 fully saturated rings. The number of hydrogen-bond donors (Lipinski definition) is 2. The lowest BCUT2D eigenvalue weighted by Gasteiger charge is -2.12. The summed E-state index contributed by atoms with van der Waals surface area (Å²) in [7, 11) is -3.27. The molecule has 3 rings (SSSR count). The van der Waals surface area contributed by atoms with Gasteiger partial charge in [-0.05, 0) is 41.8 Å². The molecule has 2 aromatic carbocycles. The highest BCUT2D eigenvalue weighted by molar-refractivity contribution is 7.90. The van der Waals surface area contributed by atoms with Gasteiger partial charge >= 0.3 is 0 Å². The minimum atomic E-state index is -3.27. The minimum absolute atomic E-state index is 0.126. The number of nitrogens with two attached hydrogens (primary N) is 2. The molecule has 0 aliphatic rings. The summed E-state index contributed by atoms with van der Waals surface area (Å²) in [6, 6.07) is 10.5. The van der Waals surface area contributed by atoms with Crippen molar-refractivity contribution in [3.8, 4) is 11.1 Å². The van der Waals surface area contributed by atoms with Crippen molar-refractivity contribution in [3.63, 3.8) is 0 Å². The first-order chi connectivity index (χ1) is 10.8. The Bertz CT molecular complexity index is 1030. The fraction of sp³-hybridized carbons (Fsp3) is 0.125. The zero-order valence-corrected chi connectivity index (χ0v) is 13.6. The number of benzene rings is 2. The maximum absolute atomic E-state index is 11.8. The second-order valence-corrected chi connectivity index (χ2v) is 7.42. The first-order valence-electron chi connectivity index (χ1n) is 6.90. The quantitative estimate of drug-likeness (QED) is 0.745. The van der Waals surface area contributed by atoms with E-state index in [2.05, 4.69) is 9.97 Å². The number of rotatable bonds is 2. The van der Waals surface area contributed by atoms with Gasteiger partial charge in [-0.15, -0.1) is 0 Å². The summed E-state index contributed by atoms with van der Waals surface area (Å²) in [5.41, 5.74) is 14.8. The monoisotopic (exact) mass is 328 g/mol. The summed E-state index contributed by atoms with van der Waals surface area (Å²) in [5, 5.41) is 0.724. The van der Waals surface area contributed by atoms with Crippen LogP contribution in [-0.4, -0.2) is 24.6 Å². The fourth-order valence-corrected chi connectivity index (χ4v) is 3.32. The molecule has 0 saturated carbocycles. The van der Waals surface area contributed by atoms with Crippen LogP contribution < -0.4 is 11.5 Å². The van der Waals surface area contributed by atoms with Crippen LogP contribution in [0, 0.1) is 6.92 Å². The molecule has 1 aromatic heterocycles. The van der Waals surface area contributed by atoms with Crippen LogP contribution in [0.2, 0.25) is 0 Å². The van der Waals surface area contributed by atoms with Gasteiger partial charge in [0, 0.05) is 11.6 Å². The van der Waals surface area contributed by atoms with Crippen molar-refractivity contribution in [2.75, 3.05) is 17.7 Å². The summed E-state index contributed by atoms with van der Waals surface area (Å²) in [4.78, 5) is 8.46. The van der Waals surface area contributed by atoms with Gasteiger partial charge in [-0.25, -0.2) is 13.4 Å². The third-order valence-electron chi connectivity index (χ3n) is 3.74. The number of anilines is 2. The molecule has 118 valence electrons. The molecular weight excluding hydrogens is 312 g/mol. The normalized spacial score (nSPS) is 11.7. The zero-order chi connectivity index (χ0) is 16.8. The SMILES string of the molecule is Cc1c(-c2cccc(S(C)(=O)=O)c2)ccc2nc(N)nc(N)c12. The van der Waals surface area contributed by atoms with Crippen LogP contribution in [-0.2, 0) is 9.84 Å². The van der Waals surface area contributed by atoms with Crippen molar-refractivity contribution >= 4 is 32.5 Å². The Labute approximate surface area is 134 Å². The maximum Gasteiger partial charge on any atom is 0.222 e. The van der Waals surface area contributed by atoms with Crippen molar-refractivity contribution in [1.29, 1.82) is 0 Å². The first-order valence-corrected chi connectivity index (χ1v) is 8.79. The van der Waals surface area contributed by atoms with Crippen molar-refractivity contribution in [1.82, 2.24) is 9.97 Å². The van der Waals surface area contributed by atoms with Crippen molar-refractivity contribution in [2.45, 2.75) is 11.8 Å². The van der Waals surface area contributed by atoms with Gasteiger partial charge in [0.1, 0.15) is 5.82 Å². The number of nitrogen functional groups attached to an aromatic ring is 2. The Hall–Kier alpha value is -2.67. The number of hydrogen-bond acceptors (Lipinski definition) is 6. The van der Waals surface area contributed by atoms with E-state index < -0.39 is 9.84 Å². The number of aryl methyl sites for hydroxylation is 1. The average molecular weight is 328 g/mol. The lowest BCUT2D eigenvalue weighted by atomic mass is 9.97. The molecule has 0 amide bonds. The lowest BCUT2D eigenvalue weighted by molar-refractivity contribution is 0.602. The molecule has 3 aromatic rings. The summed E-state index contributed by atoms with van der Waals surface area (Å²) >= 11 is 0. The Balaban J connectivity index is 2.28. The largest absolute Gasteiger partial charge is 0.383 e. The molecule has 0 bridgehead atoms. The standard InChI is InChI=1S/C16H16N4O2S/c1-9-12(10-4-3-5-11(8-10)23(2,21)22)6-7-13-14(9)15(17)20-16(18)19-13/h3-8H,1-2H3,(H4,17,18,19,20). The van der Waals surface area contributed by atoms with E-state index in [0.717, 1.165) is 22.1 Å². The molecule has 0 aliphatic carbocycles. The summed E-state index contributed by atoms with van der Waals surface area (Å²) in [6.07, 6.45) is 1.19. The van der Waals surface area contributed by atoms with E-state index in [-0.39, 0.29) is 10.8 Å². The molecule has 1 heterocycles. The number of fused-ring (bicyclic) bond motifs is 1. The Kier molecular flexibility index (Phi) is 3.45. The molecule has 7 heteroatoms. The van der Waals surface area contributed by atoms with Crippen LogP contribution in [0.4, 0.5) is 11.8 Å². The van der Waals surface area contributed by atoms with Crippen molar-refractivity contribution < 1.29 is 8.42 Å². The van der Waals surface area contributed by atoms with Gasteiger partial charge in [0.15, 0.2) is 9.84 Å². The number of nitrogens with zero attached hydrogens (tertiary/aromatic N) is 2. The third-order valence-corrected chi connectivity index (χ3v) is 4.85. The summed E-state index contributed by atoms with van der Waals surface area (Å²) in [5.74, 6) is 0.437. The third kappa shape index (κ3) is 2.70. The van der Waals surface area contributed by atoms with Gasteiger partial charge in [0.25, 0.3) is 0 Å². The number of sulfone groups is 1. The maximum atomic E-state index is 11.8. The predicted octanol–water partition coefficient (Wildman–Crippen LogP) is 2.17. The molecule has 0 atom stereocenters. The van der Waals surface area contributed by atoms with E-state index in [0.29, 0.717) is 11.3 Å². The van der Waals surface area contributed by atoms with Gasteiger partial charge in [0.2, 0.25) is 5.95 Å². The molecule has 0 spiro atoms. The Morgan fingerprint density at radius 2 is 1.78 bits per heavy atom. The highest BCUT2D eigenvalue weighted by atomic mass is 32.2. The smallest absolute Gasteiger partial charge is 0.222 e. The number of aromatic nitrogens is 2. The lowest BCUT2D eigenvalue weighted by Crippen LogP contribution is -2.02. The van der Waals surface area contributed by atoms with Gasteiger partial charge < -0.3 is 11.5 Å². The molecule has 6 nitrogen and oxygen atoms in total. The van der Waals surface area contributed by atoms with Gasteiger partial charge in [-0.2, -0.15) is 4.98 Å². The molecule has 23 heavy (non-hydrogen) atoms. The van der Waals surface area contributed by atoms with E-state index in [1.165, 1.54) is 6.26 Å². The van der Waals surface area contributed by atoms with E-state index in [1.807, 2.05) is 19.1 Å². The summed E-state index contributed by atoms with van der Waals surface area (Å²) in [6.45, 7) is 1.90. The summed E-state index contributed by atoms with van der Waals surface area (Å²) < 4.78 is 23.5. The van der Waals surface area contributed by atoms with E-state index in [1.54, 1.807) is 24.3 Å². The first kappa shape index (κ1) is 15.2. The second kappa shape index (κ2) is 5.20. The van der Waals surface area contributed by atoms with E-state index >= 15 is 0 Å². The van der Waals surface area contributed by atoms with Crippen LogP contribution in [0.5, 0.6) is 0 Å². The van der Waals surface area contributed by atoms with Gasteiger partial charge in [0.05, 0.1) is 10.4 Å². The fourth-order valence-electron chi connectivity index (χ4n) is 2.65. The second-order valence-electron chi connectivity index (χ2n) is 5.40. The molecule has 0 saturated heterocycles. The van der Waals surface area contributed by atoms with Crippen LogP contribution in [0.25, 0.3) is 22.0 Å². The zero-order valence-electron chi connectivity index (χ0n) is 12.7. The highest BCUT2D eigenvalue weighted by Crippen LogP contribution is 2.32. The average Bonchev–Trinajstić information content (AvgIpc) is 2.46. The highest BCUT2D eigenvalue weighted by Gasteiger charge is 2.13. The molecular formula is C16H16N4O2S. The predicted molar refractivity (Wildman–Crippen MR) is 91.6 cm³/mol. The van der Waals surface area contributed by atoms with E-state index in [4.69, 9.17) is 11.5 Å². The van der Waals surface area contributed by atoms with Crippen molar-refractivity contribution in [2.24, 2.45) is 0 Å². The minimum Gasteiger partial charge on any atom is -0.383 e. The Morgan fingerprint density at radius 1 is 1.04 bits per heavy atom. The molecule has 4 N–H and O–H groups in total. The molecule has 0 radical (unpaired) electrons. The molecule has 0 unspecified atom stereocenters. The van der Waals surface area contributed by atoms with E-state index in [9.17, 15) is 8.42 Å². The van der Waals surface area contributed by atoms with Crippen LogP contribution in [0.3, 0.4) is 0 Å². The van der Waals surface area contributed by atoms with Gasteiger partial charge in [-0.1, -0.05) is 18.2 Å². The van der Waals surface area contributed by atoms with Crippen molar-refractivity contribution in [3.05, 3.63) is 42.0 Å². The van der Waals surface area contributed by atoms with Crippen LogP contribution >= 0.6 is 0 Å². The van der Waals surface area contributed by atoms with Crippen LogP contribution in [0.1, 0.15) is 5.56 Å². The van der Waals surface area contributed by atoms with Crippen LogP contribution in [0.15, 0.2) is 41.3 Å². The Morgan fingerprint density at radius 3 is 2.48 bits per heavy atom.